The SMILES string of the molecule is CC(C)(C)OC(=O)NOS(=O)(=O)CN1CCCCC1. The number of nitrogens with zero attached hydrogens (tertiary/aromatic N) is 1. The molecular weight excluding hydrogens is 272 g/mol. The molecule has 1 aliphatic heterocycles. The smallest absolute Gasteiger partial charge is 0.432 e. The first-order chi connectivity index (χ1) is 8.68. The number of amides is 1. The third-order valence-corrected chi connectivity index (χ3v) is 3.46. The maximum Gasteiger partial charge on any atom is 0.432 e. The molecule has 112 valence electrons. The Morgan fingerprint density at radius 1 is 1.21 bits per heavy atom. The summed E-state index contributed by atoms with van der Waals surface area (Å²) in [5.74, 6) is -0.219. The molecule has 1 fully saturated rings. The second-order valence-corrected chi connectivity index (χ2v) is 7.09. The lowest BCUT2D eigenvalue weighted by molar-refractivity contribution is 0.0294. The van der Waals surface area contributed by atoms with Crippen LogP contribution in [0.4, 0.5) is 4.79 Å². The maximum atomic E-state index is 11.6. The highest BCUT2D eigenvalue weighted by Crippen LogP contribution is 2.10. The van der Waals surface area contributed by atoms with Crippen molar-refractivity contribution in [3.05, 3.63) is 0 Å². The lowest BCUT2D eigenvalue weighted by atomic mass is 10.1. The second-order valence-electron chi connectivity index (χ2n) is 5.55. The van der Waals surface area contributed by atoms with Gasteiger partial charge in [-0.2, -0.15) is 13.9 Å². The van der Waals surface area contributed by atoms with Crippen molar-refractivity contribution in [2.75, 3.05) is 19.0 Å². The van der Waals surface area contributed by atoms with Gasteiger partial charge in [0.15, 0.2) is 0 Å². The number of hydrogen-bond acceptors (Lipinski definition) is 6. The third-order valence-electron chi connectivity index (χ3n) is 2.44. The minimum absolute atomic E-state index is 0.219. The average molecular weight is 294 g/mol. The lowest BCUT2D eigenvalue weighted by Gasteiger charge is -2.25. The molecule has 0 aromatic heterocycles. The van der Waals surface area contributed by atoms with Crippen molar-refractivity contribution in [3.63, 3.8) is 0 Å². The van der Waals surface area contributed by atoms with Crippen LogP contribution in [0.2, 0.25) is 0 Å². The minimum Gasteiger partial charge on any atom is -0.442 e. The number of piperidine rings is 1. The Kier molecular flexibility index (Phi) is 5.57. The Hall–Kier alpha value is -0.860. The van der Waals surface area contributed by atoms with Crippen molar-refractivity contribution >= 4 is 16.2 Å². The van der Waals surface area contributed by atoms with Crippen LogP contribution in [0, 0.1) is 0 Å². The predicted octanol–water partition coefficient (Wildman–Crippen LogP) is 1.22. The lowest BCUT2D eigenvalue weighted by Crippen LogP contribution is -2.39. The van der Waals surface area contributed by atoms with Crippen LogP contribution in [0.3, 0.4) is 0 Å². The van der Waals surface area contributed by atoms with Gasteiger partial charge in [0.1, 0.15) is 11.5 Å². The third kappa shape index (κ3) is 7.34. The number of carbonyl (C=O) groups excluding carboxylic acids is 1. The molecule has 1 N–H and O–H groups in total. The summed E-state index contributed by atoms with van der Waals surface area (Å²) in [6, 6.07) is 0. The van der Waals surface area contributed by atoms with Gasteiger partial charge >= 0.3 is 16.2 Å². The summed E-state index contributed by atoms with van der Waals surface area (Å²) >= 11 is 0. The van der Waals surface area contributed by atoms with Crippen LogP contribution in [0.5, 0.6) is 0 Å². The number of hydroxylamine groups is 1. The zero-order valence-corrected chi connectivity index (χ0v) is 12.5. The van der Waals surface area contributed by atoms with Crippen LogP contribution < -0.4 is 5.48 Å². The van der Waals surface area contributed by atoms with E-state index in [9.17, 15) is 13.2 Å². The van der Waals surface area contributed by atoms with E-state index in [1.165, 1.54) is 0 Å². The van der Waals surface area contributed by atoms with Gasteiger partial charge in [-0.1, -0.05) is 6.42 Å². The summed E-state index contributed by atoms with van der Waals surface area (Å²) in [7, 11) is -3.82. The Bertz CT molecular complexity index is 396. The normalized spacial score (nSPS) is 18.1. The van der Waals surface area contributed by atoms with Crippen LogP contribution in [0.1, 0.15) is 40.0 Å². The van der Waals surface area contributed by atoms with Crippen molar-refractivity contribution in [3.8, 4) is 0 Å². The zero-order chi connectivity index (χ0) is 14.5. The molecule has 1 amide bonds. The summed E-state index contributed by atoms with van der Waals surface area (Å²) in [5.41, 5.74) is 1.09. The monoisotopic (exact) mass is 294 g/mol. The first-order valence-corrected chi connectivity index (χ1v) is 7.88. The summed E-state index contributed by atoms with van der Waals surface area (Å²) in [6.07, 6.45) is 2.16. The summed E-state index contributed by atoms with van der Waals surface area (Å²) in [5, 5.41) is 0. The Labute approximate surface area is 114 Å². The molecule has 0 atom stereocenters. The van der Waals surface area contributed by atoms with Gasteiger partial charge in [0, 0.05) is 0 Å². The van der Waals surface area contributed by atoms with Gasteiger partial charge in [-0.25, -0.2) is 4.79 Å². The first-order valence-electron chi connectivity index (χ1n) is 6.30. The van der Waals surface area contributed by atoms with E-state index in [-0.39, 0.29) is 5.88 Å². The van der Waals surface area contributed by atoms with Gasteiger partial charge in [-0.05, 0) is 46.7 Å². The molecule has 1 saturated heterocycles. The molecule has 1 heterocycles. The van der Waals surface area contributed by atoms with E-state index in [0.717, 1.165) is 32.4 Å². The summed E-state index contributed by atoms with van der Waals surface area (Å²) in [4.78, 5) is 13.0. The first kappa shape index (κ1) is 16.2. The maximum absolute atomic E-state index is 11.6. The zero-order valence-electron chi connectivity index (χ0n) is 11.6. The molecule has 0 unspecified atom stereocenters. The quantitative estimate of drug-likeness (QED) is 0.785. The van der Waals surface area contributed by atoms with Crippen LogP contribution in [0.15, 0.2) is 0 Å². The molecule has 0 aromatic carbocycles. The van der Waals surface area contributed by atoms with Gasteiger partial charge in [-0.15, -0.1) is 4.28 Å². The fourth-order valence-electron chi connectivity index (χ4n) is 1.73. The molecule has 0 aromatic rings. The molecule has 0 aliphatic carbocycles. The van der Waals surface area contributed by atoms with Crippen LogP contribution in [-0.2, 0) is 19.1 Å². The van der Waals surface area contributed by atoms with Gasteiger partial charge in [0.05, 0.1) is 0 Å². The number of hydrogen-bond donors (Lipinski definition) is 1. The number of nitrogens with one attached hydrogen (secondary N) is 1. The van der Waals surface area contributed by atoms with E-state index in [1.807, 2.05) is 0 Å². The van der Waals surface area contributed by atoms with Crippen molar-refractivity contribution in [2.24, 2.45) is 0 Å². The van der Waals surface area contributed by atoms with Crippen LogP contribution >= 0.6 is 0 Å². The highest BCUT2D eigenvalue weighted by Gasteiger charge is 2.22. The highest BCUT2D eigenvalue weighted by molar-refractivity contribution is 7.86. The predicted molar refractivity (Wildman–Crippen MR) is 69.7 cm³/mol. The minimum atomic E-state index is -3.82. The van der Waals surface area contributed by atoms with E-state index in [0.29, 0.717) is 0 Å². The number of likely N-dealkylation sites (tertiary alicyclic amines) is 1. The average Bonchev–Trinajstić information content (AvgIpc) is 2.25. The number of rotatable bonds is 4. The molecule has 19 heavy (non-hydrogen) atoms. The van der Waals surface area contributed by atoms with E-state index >= 15 is 0 Å². The van der Waals surface area contributed by atoms with E-state index in [4.69, 9.17) is 4.74 Å². The van der Waals surface area contributed by atoms with Gasteiger partial charge in [0.2, 0.25) is 0 Å². The molecular formula is C11H22N2O5S. The van der Waals surface area contributed by atoms with Crippen molar-refractivity contribution in [2.45, 2.75) is 45.6 Å². The fourth-order valence-corrected chi connectivity index (χ4v) is 2.69. The molecule has 0 spiro atoms. The molecule has 1 aliphatic rings. The van der Waals surface area contributed by atoms with Crippen molar-refractivity contribution < 1.29 is 22.2 Å². The van der Waals surface area contributed by atoms with E-state index in [2.05, 4.69) is 4.28 Å². The Morgan fingerprint density at radius 3 is 2.32 bits per heavy atom. The van der Waals surface area contributed by atoms with Crippen LogP contribution in [-0.4, -0.2) is 44.0 Å². The van der Waals surface area contributed by atoms with Crippen molar-refractivity contribution in [1.82, 2.24) is 10.4 Å². The molecule has 1 rings (SSSR count). The number of carbonyl (C=O) groups is 1. The van der Waals surface area contributed by atoms with Gasteiger partial charge < -0.3 is 4.74 Å². The van der Waals surface area contributed by atoms with Crippen LogP contribution in [0.25, 0.3) is 0 Å². The summed E-state index contributed by atoms with van der Waals surface area (Å²) < 4.78 is 32.6. The van der Waals surface area contributed by atoms with Crippen molar-refractivity contribution in [1.29, 1.82) is 0 Å². The van der Waals surface area contributed by atoms with Gasteiger partial charge in [-0.3, -0.25) is 4.90 Å². The van der Waals surface area contributed by atoms with E-state index in [1.54, 1.807) is 31.2 Å². The molecule has 7 nitrogen and oxygen atoms in total. The molecule has 0 radical (unpaired) electrons. The topological polar surface area (TPSA) is 84.9 Å². The molecule has 0 saturated carbocycles. The largest absolute Gasteiger partial charge is 0.442 e. The summed E-state index contributed by atoms with van der Waals surface area (Å²) in [6.45, 7) is 6.49. The second kappa shape index (κ2) is 6.53. The fraction of sp³-hybridized carbons (Fsp3) is 0.909. The molecule has 8 heteroatoms. The Morgan fingerprint density at radius 2 is 1.79 bits per heavy atom. The Balaban J connectivity index is 2.36. The molecule has 0 bridgehead atoms. The van der Waals surface area contributed by atoms with Gasteiger partial charge in [0.25, 0.3) is 0 Å². The number of ether oxygens (including phenoxy) is 1. The van der Waals surface area contributed by atoms with E-state index < -0.39 is 21.8 Å². The standard InChI is InChI=1S/C11H22N2O5S/c1-11(2,3)17-10(14)12-18-19(15,16)9-13-7-5-4-6-8-13/h4-9H2,1-3H3,(H,12,14). The highest BCUT2D eigenvalue weighted by atomic mass is 32.2.